The molecular weight excluding hydrogens is 236 g/mol. The average molecular weight is 248 g/mol. The maximum Gasteiger partial charge on any atom is 0.142 e. The van der Waals surface area contributed by atoms with Gasteiger partial charge in [0, 0.05) is 18.5 Å². The lowest BCUT2D eigenvalue weighted by Crippen LogP contribution is -2.20. The zero-order chi connectivity index (χ0) is 10.8. The summed E-state index contributed by atoms with van der Waals surface area (Å²) < 4.78 is 13.2. The normalized spacial score (nSPS) is 22.2. The minimum Gasteiger partial charge on any atom is -0.298 e. The topological polar surface area (TPSA) is 3.24 Å². The van der Waals surface area contributed by atoms with Crippen molar-refractivity contribution in [3.63, 3.8) is 0 Å². The van der Waals surface area contributed by atoms with Crippen molar-refractivity contribution in [3.8, 4) is 0 Å². The van der Waals surface area contributed by atoms with Gasteiger partial charge in [0.2, 0.25) is 0 Å². The highest BCUT2D eigenvalue weighted by molar-refractivity contribution is 6.31. The molecule has 0 amide bonds. The molecule has 1 saturated heterocycles. The van der Waals surface area contributed by atoms with Crippen LogP contribution in [0.5, 0.6) is 0 Å². The molecule has 15 heavy (non-hydrogen) atoms. The Morgan fingerprint density at radius 1 is 1.47 bits per heavy atom. The Hall–Kier alpha value is -0.310. The summed E-state index contributed by atoms with van der Waals surface area (Å²) in [5, 5.41) is 0.452. The van der Waals surface area contributed by atoms with Crippen molar-refractivity contribution in [2.24, 2.45) is 0 Å². The number of rotatable bonds is 2. The van der Waals surface area contributed by atoms with E-state index in [1.54, 1.807) is 6.07 Å². The van der Waals surface area contributed by atoms with E-state index in [0.717, 1.165) is 25.1 Å². The highest BCUT2D eigenvalue weighted by Crippen LogP contribution is 2.23. The molecule has 1 nitrogen and oxygen atoms in total. The van der Waals surface area contributed by atoms with Gasteiger partial charge in [-0.25, -0.2) is 4.39 Å². The molecule has 1 aliphatic heterocycles. The summed E-state index contributed by atoms with van der Waals surface area (Å²) in [6, 6.07) is 4.91. The van der Waals surface area contributed by atoms with Gasteiger partial charge in [-0.05, 0) is 24.6 Å². The van der Waals surface area contributed by atoms with Gasteiger partial charge in [0.1, 0.15) is 5.82 Å². The summed E-state index contributed by atoms with van der Waals surface area (Å²) in [4.78, 5) is 2.19. The van der Waals surface area contributed by atoms with E-state index in [-0.39, 0.29) is 16.2 Å². The summed E-state index contributed by atoms with van der Waals surface area (Å²) in [5.41, 5.74) is 0.836. The summed E-state index contributed by atoms with van der Waals surface area (Å²) in [7, 11) is 0. The molecule has 1 unspecified atom stereocenters. The third-order valence-electron chi connectivity index (χ3n) is 2.64. The van der Waals surface area contributed by atoms with Gasteiger partial charge in [-0.15, -0.1) is 11.6 Å². The van der Waals surface area contributed by atoms with Gasteiger partial charge in [0.25, 0.3) is 0 Å². The molecule has 0 aliphatic carbocycles. The van der Waals surface area contributed by atoms with E-state index in [4.69, 9.17) is 23.2 Å². The zero-order valence-electron chi connectivity index (χ0n) is 8.22. The van der Waals surface area contributed by atoms with E-state index in [2.05, 4.69) is 4.90 Å². The van der Waals surface area contributed by atoms with Gasteiger partial charge in [-0.3, -0.25) is 4.90 Å². The quantitative estimate of drug-likeness (QED) is 0.726. The molecular formula is C11H12Cl2FN. The van der Waals surface area contributed by atoms with Crippen molar-refractivity contribution >= 4 is 23.2 Å². The van der Waals surface area contributed by atoms with Gasteiger partial charge in [0.05, 0.1) is 5.02 Å². The molecule has 1 aromatic rings. The summed E-state index contributed by atoms with van der Waals surface area (Å²) in [5.74, 6) is -0.351. The second kappa shape index (κ2) is 4.69. The number of halogens is 3. The second-order valence-corrected chi connectivity index (χ2v) is 4.83. The Bertz CT molecular complexity index is 356. The van der Waals surface area contributed by atoms with Gasteiger partial charge >= 0.3 is 0 Å². The summed E-state index contributed by atoms with van der Waals surface area (Å²) >= 11 is 11.9. The maximum absolute atomic E-state index is 13.2. The summed E-state index contributed by atoms with van der Waals surface area (Å²) in [6.07, 6.45) is 0.995. The lowest BCUT2D eigenvalue weighted by atomic mass is 10.2. The van der Waals surface area contributed by atoms with E-state index < -0.39 is 0 Å². The fourth-order valence-corrected chi connectivity index (χ4v) is 2.32. The third-order valence-corrected chi connectivity index (χ3v) is 3.42. The number of hydrogen-bond donors (Lipinski definition) is 0. The van der Waals surface area contributed by atoms with Crippen LogP contribution < -0.4 is 0 Å². The molecule has 0 N–H and O–H groups in total. The first-order chi connectivity index (χ1) is 7.16. The highest BCUT2D eigenvalue weighted by Gasteiger charge is 2.21. The Morgan fingerprint density at radius 2 is 2.27 bits per heavy atom. The number of hydrogen-bond acceptors (Lipinski definition) is 1. The van der Waals surface area contributed by atoms with Gasteiger partial charge < -0.3 is 0 Å². The van der Waals surface area contributed by atoms with Crippen LogP contribution in [-0.2, 0) is 6.54 Å². The van der Waals surface area contributed by atoms with Gasteiger partial charge in [-0.1, -0.05) is 23.7 Å². The Balaban J connectivity index is 2.07. The molecule has 1 atom stereocenters. The Morgan fingerprint density at radius 3 is 2.93 bits per heavy atom. The SMILES string of the molecule is Fc1cccc(CN2CCC(Cl)C2)c1Cl. The van der Waals surface area contributed by atoms with E-state index in [9.17, 15) is 4.39 Å². The molecule has 1 fully saturated rings. The lowest BCUT2D eigenvalue weighted by Gasteiger charge is -2.15. The molecule has 1 aromatic carbocycles. The van der Waals surface area contributed by atoms with Crippen molar-refractivity contribution in [2.45, 2.75) is 18.3 Å². The van der Waals surface area contributed by atoms with Crippen LogP contribution in [0.15, 0.2) is 18.2 Å². The molecule has 82 valence electrons. The van der Waals surface area contributed by atoms with Crippen LogP contribution in [-0.4, -0.2) is 23.4 Å². The van der Waals surface area contributed by atoms with Crippen molar-refractivity contribution in [3.05, 3.63) is 34.6 Å². The van der Waals surface area contributed by atoms with Crippen LogP contribution in [0, 0.1) is 5.82 Å². The molecule has 1 heterocycles. The molecule has 0 spiro atoms. The predicted molar refractivity (Wildman–Crippen MR) is 60.9 cm³/mol. The Labute approximate surface area is 98.8 Å². The highest BCUT2D eigenvalue weighted by atomic mass is 35.5. The largest absolute Gasteiger partial charge is 0.298 e. The van der Waals surface area contributed by atoms with E-state index in [1.807, 2.05) is 6.07 Å². The molecule has 4 heteroatoms. The summed E-state index contributed by atoms with van der Waals surface area (Å²) in [6.45, 7) is 2.50. The second-order valence-electron chi connectivity index (χ2n) is 3.83. The zero-order valence-corrected chi connectivity index (χ0v) is 9.73. The van der Waals surface area contributed by atoms with Gasteiger partial charge in [-0.2, -0.15) is 0 Å². The standard InChI is InChI=1S/C11H12Cl2FN/c12-9-4-5-15(7-9)6-8-2-1-3-10(14)11(8)13/h1-3,9H,4-7H2. The monoisotopic (exact) mass is 247 g/mol. The molecule has 1 aliphatic rings. The van der Waals surface area contributed by atoms with Crippen molar-refractivity contribution in [1.82, 2.24) is 4.90 Å². The minimum atomic E-state index is -0.351. The lowest BCUT2D eigenvalue weighted by molar-refractivity contribution is 0.331. The maximum atomic E-state index is 13.2. The number of nitrogens with zero attached hydrogens (tertiary/aromatic N) is 1. The van der Waals surface area contributed by atoms with Crippen LogP contribution in [0.1, 0.15) is 12.0 Å². The van der Waals surface area contributed by atoms with Crippen LogP contribution in [0.4, 0.5) is 4.39 Å². The molecule has 0 aromatic heterocycles. The van der Waals surface area contributed by atoms with Gasteiger partial charge in [0.15, 0.2) is 0 Å². The number of alkyl halides is 1. The average Bonchev–Trinajstić information content (AvgIpc) is 2.59. The first kappa shape index (κ1) is 11.2. The molecule has 0 saturated carbocycles. The Kier molecular flexibility index (Phi) is 3.49. The smallest absolute Gasteiger partial charge is 0.142 e. The minimum absolute atomic E-state index is 0.220. The first-order valence-electron chi connectivity index (χ1n) is 4.96. The van der Waals surface area contributed by atoms with Crippen molar-refractivity contribution in [1.29, 1.82) is 0 Å². The van der Waals surface area contributed by atoms with Crippen LogP contribution in [0.2, 0.25) is 5.02 Å². The van der Waals surface area contributed by atoms with Crippen LogP contribution >= 0.6 is 23.2 Å². The fraction of sp³-hybridized carbons (Fsp3) is 0.455. The third kappa shape index (κ3) is 2.63. The van der Waals surface area contributed by atoms with E-state index >= 15 is 0 Å². The van der Waals surface area contributed by atoms with E-state index in [0.29, 0.717) is 6.54 Å². The number of benzene rings is 1. The van der Waals surface area contributed by atoms with Crippen LogP contribution in [0.25, 0.3) is 0 Å². The fourth-order valence-electron chi connectivity index (χ4n) is 1.84. The van der Waals surface area contributed by atoms with E-state index in [1.165, 1.54) is 6.07 Å². The molecule has 2 rings (SSSR count). The first-order valence-corrected chi connectivity index (χ1v) is 5.77. The van der Waals surface area contributed by atoms with Crippen molar-refractivity contribution in [2.75, 3.05) is 13.1 Å². The number of likely N-dealkylation sites (tertiary alicyclic amines) is 1. The predicted octanol–water partition coefficient (Wildman–Crippen LogP) is 3.29. The van der Waals surface area contributed by atoms with Crippen LogP contribution in [0.3, 0.4) is 0 Å². The molecule has 0 bridgehead atoms. The van der Waals surface area contributed by atoms with Crippen molar-refractivity contribution < 1.29 is 4.39 Å². The molecule has 0 radical (unpaired) electrons.